The van der Waals surface area contributed by atoms with Crippen LogP contribution in [-0.4, -0.2) is 31.1 Å². The van der Waals surface area contributed by atoms with Crippen molar-refractivity contribution in [2.45, 2.75) is 33.2 Å². The molecule has 1 fully saturated rings. The monoisotopic (exact) mass is 236 g/mol. The van der Waals surface area contributed by atoms with Gasteiger partial charge >= 0.3 is 0 Å². The highest BCUT2D eigenvalue weighted by molar-refractivity contribution is 5.10. The van der Waals surface area contributed by atoms with Gasteiger partial charge in [-0.05, 0) is 31.4 Å². The Morgan fingerprint density at radius 3 is 2.53 bits per heavy atom. The molecular formula is C14H24N2O. The van der Waals surface area contributed by atoms with Crippen LogP contribution in [0.2, 0.25) is 0 Å². The largest absolute Gasteiger partial charge is 0.465 e. The first-order chi connectivity index (χ1) is 8.16. The molecule has 0 aliphatic carbocycles. The molecule has 0 spiro atoms. The fourth-order valence-corrected chi connectivity index (χ4v) is 2.52. The van der Waals surface area contributed by atoms with Gasteiger partial charge in [0.1, 0.15) is 11.5 Å². The Hall–Kier alpha value is -0.800. The van der Waals surface area contributed by atoms with Crippen molar-refractivity contribution in [2.24, 2.45) is 5.92 Å². The van der Waals surface area contributed by atoms with E-state index in [9.17, 15) is 0 Å². The topological polar surface area (TPSA) is 28.4 Å². The first-order valence-electron chi connectivity index (χ1n) is 6.68. The molecule has 1 aliphatic rings. The van der Waals surface area contributed by atoms with Gasteiger partial charge in [0.2, 0.25) is 0 Å². The first kappa shape index (κ1) is 12.7. The summed E-state index contributed by atoms with van der Waals surface area (Å²) in [5.41, 5.74) is 0. The maximum absolute atomic E-state index is 5.84. The van der Waals surface area contributed by atoms with Crippen LogP contribution in [0.1, 0.15) is 37.8 Å². The molecule has 96 valence electrons. The molecule has 0 aromatic carbocycles. The predicted molar refractivity (Wildman–Crippen MR) is 70.1 cm³/mol. The normalized spacial score (nSPS) is 19.8. The predicted octanol–water partition coefficient (Wildman–Crippen LogP) is 2.58. The fourth-order valence-electron chi connectivity index (χ4n) is 2.52. The van der Waals surface area contributed by atoms with Gasteiger partial charge < -0.3 is 9.73 Å². The zero-order valence-corrected chi connectivity index (χ0v) is 11.2. The second-order valence-corrected chi connectivity index (χ2v) is 5.38. The molecule has 17 heavy (non-hydrogen) atoms. The minimum Gasteiger partial charge on any atom is -0.465 e. The average molecular weight is 236 g/mol. The van der Waals surface area contributed by atoms with E-state index in [2.05, 4.69) is 36.2 Å². The Balaban J connectivity index is 2.11. The molecule has 0 unspecified atom stereocenters. The highest BCUT2D eigenvalue weighted by atomic mass is 16.3. The molecule has 0 saturated carbocycles. The quantitative estimate of drug-likeness (QED) is 0.871. The van der Waals surface area contributed by atoms with E-state index in [0.717, 1.165) is 37.7 Å². The number of furan rings is 1. The highest BCUT2D eigenvalue weighted by Gasteiger charge is 2.25. The number of hydrogen-bond donors (Lipinski definition) is 1. The van der Waals surface area contributed by atoms with Gasteiger partial charge in [-0.3, -0.25) is 4.90 Å². The van der Waals surface area contributed by atoms with Crippen LogP contribution in [0.5, 0.6) is 0 Å². The average Bonchev–Trinajstić information content (AvgIpc) is 2.73. The molecule has 3 heteroatoms. The third kappa shape index (κ3) is 3.33. The number of aryl methyl sites for hydroxylation is 1. The number of piperazine rings is 1. The summed E-state index contributed by atoms with van der Waals surface area (Å²) in [4.78, 5) is 2.55. The Kier molecular flexibility index (Phi) is 4.24. The molecule has 1 N–H and O–H groups in total. The first-order valence-corrected chi connectivity index (χ1v) is 6.68. The van der Waals surface area contributed by atoms with Crippen molar-refractivity contribution >= 4 is 0 Å². The van der Waals surface area contributed by atoms with Gasteiger partial charge in [0.15, 0.2) is 0 Å². The van der Waals surface area contributed by atoms with E-state index in [4.69, 9.17) is 4.42 Å². The number of rotatable bonds is 4. The molecule has 1 aromatic rings. The number of hydrogen-bond acceptors (Lipinski definition) is 3. The van der Waals surface area contributed by atoms with Gasteiger partial charge in [0, 0.05) is 26.2 Å². The van der Waals surface area contributed by atoms with Crippen molar-refractivity contribution in [3.63, 3.8) is 0 Å². The Labute approximate surface area is 104 Å². The van der Waals surface area contributed by atoms with E-state index >= 15 is 0 Å². The molecular weight excluding hydrogens is 212 g/mol. The zero-order chi connectivity index (χ0) is 12.3. The summed E-state index contributed by atoms with van der Waals surface area (Å²) in [6.45, 7) is 11.0. The van der Waals surface area contributed by atoms with Gasteiger partial charge in [-0.1, -0.05) is 13.8 Å². The Morgan fingerprint density at radius 2 is 2.00 bits per heavy atom. The third-order valence-electron chi connectivity index (χ3n) is 3.38. The minimum atomic E-state index is 0.450. The maximum atomic E-state index is 5.84. The van der Waals surface area contributed by atoms with Crippen LogP contribution in [0.25, 0.3) is 0 Å². The second kappa shape index (κ2) is 5.69. The summed E-state index contributed by atoms with van der Waals surface area (Å²) >= 11 is 0. The Bertz CT molecular complexity index is 340. The van der Waals surface area contributed by atoms with E-state index in [1.54, 1.807) is 0 Å². The smallest absolute Gasteiger partial charge is 0.121 e. The molecule has 3 nitrogen and oxygen atoms in total. The number of nitrogens with zero attached hydrogens (tertiary/aromatic N) is 1. The summed E-state index contributed by atoms with van der Waals surface area (Å²) in [5.74, 6) is 2.85. The molecule has 2 heterocycles. The summed E-state index contributed by atoms with van der Waals surface area (Å²) < 4.78 is 5.84. The van der Waals surface area contributed by atoms with Crippen molar-refractivity contribution in [3.05, 3.63) is 23.7 Å². The lowest BCUT2D eigenvalue weighted by Crippen LogP contribution is -2.45. The SMILES string of the molecule is Cc1ccc([C@@H](CC(C)C)N2CCNCC2)o1. The summed E-state index contributed by atoms with van der Waals surface area (Å²) in [6.07, 6.45) is 1.17. The molecule has 0 amide bonds. The summed E-state index contributed by atoms with van der Waals surface area (Å²) in [5, 5.41) is 3.41. The molecule has 1 atom stereocenters. The van der Waals surface area contributed by atoms with Crippen LogP contribution in [0.15, 0.2) is 16.5 Å². The molecule has 0 bridgehead atoms. The van der Waals surface area contributed by atoms with Crippen LogP contribution < -0.4 is 5.32 Å². The lowest BCUT2D eigenvalue weighted by Gasteiger charge is -2.34. The maximum Gasteiger partial charge on any atom is 0.121 e. The lowest BCUT2D eigenvalue weighted by atomic mass is 10.00. The van der Waals surface area contributed by atoms with Crippen LogP contribution in [0.4, 0.5) is 0 Å². The van der Waals surface area contributed by atoms with Gasteiger partial charge in [-0.2, -0.15) is 0 Å². The van der Waals surface area contributed by atoms with E-state index in [1.807, 2.05) is 6.92 Å². The molecule has 2 rings (SSSR count). The van der Waals surface area contributed by atoms with Crippen molar-refractivity contribution in [2.75, 3.05) is 26.2 Å². The van der Waals surface area contributed by atoms with Crippen molar-refractivity contribution in [1.29, 1.82) is 0 Å². The van der Waals surface area contributed by atoms with E-state index in [-0.39, 0.29) is 0 Å². The van der Waals surface area contributed by atoms with Crippen LogP contribution in [0, 0.1) is 12.8 Å². The van der Waals surface area contributed by atoms with Gasteiger partial charge in [-0.15, -0.1) is 0 Å². The van der Waals surface area contributed by atoms with Crippen LogP contribution >= 0.6 is 0 Å². The molecule has 1 aromatic heterocycles. The zero-order valence-electron chi connectivity index (χ0n) is 11.2. The Morgan fingerprint density at radius 1 is 1.29 bits per heavy atom. The minimum absolute atomic E-state index is 0.450. The molecule has 1 aliphatic heterocycles. The van der Waals surface area contributed by atoms with Gasteiger partial charge in [0.05, 0.1) is 6.04 Å². The van der Waals surface area contributed by atoms with Crippen LogP contribution in [0.3, 0.4) is 0 Å². The standard InChI is InChI=1S/C14H24N2O/c1-11(2)10-13(14-5-4-12(3)17-14)16-8-6-15-7-9-16/h4-5,11,13,15H,6-10H2,1-3H3/t13-/m1/s1. The van der Waals surface area contributed by atoms with Gasteiger partial charge in [0.25, 0.3) is 0 Å². The third-order valence-corrected chi connectivity index (χ3v) is 3.38. The van der Waals surface area contributed by atoms with Crippen molar-refractivity contribution < 1.29 is 4.42 Å². The second-order valence-electron chi connectivity index (χ2n) is 5.38. The van der Waals surface area contributed by atoms with E-state index in [0.29, 0.717) is 12.0 Å². The number of nitrogens with one attached hydrogen (secondary N) is 1. The van der Waals surface area contributed by atoms with Crippen molar-refractivity contribution in [1.82, 2.24) is 10.2 Å². The van der Waals surface area contributed by atoms with Crippen molar-refractivity contribution in [3.8, 4) is 0 Å². The highest BCUT2D eigenvalue weighted by Crippen LogP contribution is 2.29. The van der Waals surface area contributed by atoms with E-state index < -0.39 is 0 Å². The van der Waals surface area contributed by atoms with Gasteiger partial charge in [-0.25, -0.2) is 0 Å². The lowest BCUT2D eigenvalue weighted by molar-refractivity contribution is 0.135. The summed E-state index contributed by atoms with van der Waals surface area (Å²) in [7, 11) is 0. The summed E-state index contributed by atoms with van der Waals surface area (Å²) in [6, 6.07) is 4.67. The fraction of sp³-hybridized carbons (Fsp3) is 0.714. The van der Waals surface area contributed by atoms with E-state index in [1.165, 1.54) is 6.42 Å². The molecule has 0 radical (unpaired) electrons. The molecule has 1 saturated heterocycles. The van der Waals surface area contributed by atoms with Crippen LogP contribution in [-0.2, 0) is 0 Å².